The molecule has 2 aliphatic rings. The highest BCUT2D eigenvalue weighted by Crippen LogP contribution is 2.56. The zero-order valence-corrected chi connectivity index (χ0v) is 17.0. The number of aryl methyl sites for hydroxylation is 1. The molecule has 1 saturated carbocycles. The van der Waals surface area contributed by atoms with E-state index in [2.05, 4.69) is 26.7 Å². The molecular formula is C21H28N4OS. The maximum absolute atomic E-state index is 13.6. The number of hydrogen-bond acceptors (Lipinski definition) is 4. The van der Waals surface area contributed by atoms with E-state index >= 15 is 0 Å². The third-order valence-electron chi connectivity index (χ3n) is 6.17. The van der Waals surface area contributed by atoms with Gasteiger partial charge in [-0.1, -0.05) is 12.1 Å². The van der Waals surface area contributed by atoms with Gasteiger partial charge in [0, 0.05) is 29.9 Å². The maximum atomic E-state index is 13.6. The van der Waals surface area contributed by atoms with Crippen LogP contribution in [0.5, 0.6) is 0 Å². The van der Waals surface area contributed by atoms with E-state index < -0.39 is 0 Å². The fourth-order valence-corrected chi connectivity index (χ4v) is 5.05. The van der Waals surface area contributed by atoms with Gasteiger partial charge in [-0.05, 0) is 63.1 Å². The molecule has 144 valence electrons. The number of thioether (sulfide) groups is 1. The zero-order chi connectivity index (χ0) is 18.9. The van der Waals surface area contributed by atoms with E-state index in [1.165, 1.54) is 0 Å². The Morgan fingerprint density at radius 2 is 2.15 bits per heavy atom. The molecule has 4 rings (SSSR count). The van der Waals surface area contributed by atoms with Crippen molar-refractivity contribution in [2.24, 2.45) is 5.41 Å². The van der Waals surface area contributed by atoms with Crippen LogP contribution in [0, 0.1) is 5.41 Å². The maximum Gasteiger partial charge on any atom is 0.255 e. The first-order valence-electron chi connectivity index (χ1n) is 9.83. The Morgan fingerprint density at radius 3 is 2.89 bits per heavy atom. The first-order valence-corrected chi connectivity index (χ1v) is 11.1. The Hall–Kier alpha value is -1.79. The van der Waals surface area contributed by atoms with Gasteiger partial charge in [0.05, 0.1) is 12.1 Å². The molecule has 1 aromatic heterocycles. The molecule has 2 heterocycles. The van der Waals surface area contributed by atoms with Crippen molar-refractivity contribution in [2.45, 2.75) is 50.2 Å². The van der Waals surface area contributed by atoms with Crippen LogP contribution in [-0.2, 0) is 13.1 Å². The van der Waals surface area contributed by atoms with E-state index in [-0.39, 0.29) is 5.91 Å². The van der Waals surface area contributed by atoms with Crippen molar-refractivity contribution in [3.05, 3.63) is 48.0 Å². The first-order chi connectivity index (χ1) is 13.2. The average molecular weight is 385 g/mol. The summed E-state index contributed by atoms with van der Waals surface area (Å²) >= 11 is 1.64. The van der Waals surface area contributed by atoms with Gasteiger partial charge in [-0.25, -0.2) is 4.98 Å². The van der Waals surface area contributed by atoms with Gasteiger partial charge >= 0.3 is 0 Å². The van der Waals surface area contributed by atoms with E-state index in [1.807, 2.05) is 42.9 Å². The van der Waals surface area contributed by atoms with E-state index in [0.717, 1.165) is 55.2 Å². The van der Waals surface area contributed by atoms with Crippen LogP contribution in [0.1, 0.15) is 42.4 Å². The van der Waals surface area contributed by atoms with Crippen LogP contribution in [0.3, 0.4) is 0 Å². The summed E-state index contributed by atoms with van der Waals surface area (Å²) in [6.45, 7) is 5.69. The molecule has 1 aliphatic carbocycles. The number of piperidine rings is 1. The third-order valence-corrected chi connectivity index (χ3v) is 6.97. The molecule has 27 heavy (non-hydrogen) atoms. The van der Waals surface area contributed by atoms with Gasteiger partial charge in [0.2, 0.25) is 0 Å². The van der Waals surface area contributed by atoms with Crippen LogP contribution in [0.25, 0.3) is 0 Å². The minimum absolute atomic E-state index is 0.144. The van der Waals surface area contributed by atoms with Gasteiger partial charge in [0.15, 0.2) is 0 Å². The normalized spacial score (nSPS) is 20.6. The summed E-state index contributed by atoms with van der Waals surface area (Å²) in [5.41, 5.74) is 1.12. The molecule has 5 nitrogen and oxygen atoms in total. The Morgan fingerprint density at radius 1 is 1.37 bits per heavy atom. The molecule has 6 heteroatoms. The lowest BCUT2D eigenvalue weighted by Crippen LogP contribution is -2.39. The van der Waals surface area contributed by atoms with E-state index in [9.17, 15) is 4.79 Å². The highest BCUT2D eigenvalue weighted by molar-refractivity contribution is 7.98. The molecule has 2 aromatic rings. The highest BCUT2D eigenvalue weighted by atomic mass is 32.2. The van der Waals surface area contributed by atoms with Crippen LogP contribution in [0.15, 0.2) is 41.6 Å². The van der Waals surface area contributed by atoms with Crippen LogP contribution in [-0.4, -0.2) is 45.7 Å². The number of carbonyl (C=O) groups is 1. The van der Waals surface area contributed by atoms with Gasteiger partial charge in [-0.3, -0.25) is 4.79 Å². The van der Waals surface area contributed by atoms with Crippen LogP contribution < -0.4 is 5.32 Å². The summed E-state index contributed by atoms with van der Waals surface area (Å²) in [6.07, 6.45) is 9.31. The largest absolute Gasteiger partial charge is 0.334 e. The van der Waals surface area contributed by atoms with Crippen molar-refractivity contribution in [2.75, 3.05) is 19.3 Å². The molecule has 2 fully saturated rings. The fraction of sp³-hybridized carbons (Fsp3) is 0.524. The van der Waals surface area contributed by atoms with Crippen molar-refractivity contribution in [3.8, 4) is 0 Å². The zero-order valence-electron chi connectivity index (χ0n) is 16.1. The van der Waals surface area contributed by atoms with Crippen molar-refractivity contribution >= 4 is 17.7 Å². The highest BCUT2D eigenvalue weighted by Gasteiger charge is 2.58. The van der Waals surface area contributed by atoms with Crippen LogP contribution >= 0.6 is 11.8 Å². The third kappa shape index (κ3) is 3.52. The summed E-state index contributed by atoms with van der Waals surface area (Å²) in [7, 11) is 0. The molecule has 1 spiro atoms. The van der Waals surface area contributed by atoms with Crippen LogP contribution in [0.2, 0.25) is 0 Å². The smallest absolute Gasteiger partial charge is 0.255 e. The monoisotopic (exact) mass is 384 g/mol. The molecule has 1 aromatic carbocycles. The van der Waals surface area contributed by atoms with Gasteiger partial charge in [-0.15, -0.1) is 11.8 Å². The quantitative estimate of drug-likeness (QED) is 0.776. The summed E-state index contributed by atoms with van der Waals surface area (Å²) in [5, 5.41) is 3.46. The summed E-state index contributed by atoms with van der Waals surface area (Å²) in [5.74, 6) is 1.12. The molecule has 0 radical (unpaired) electrons. The second-order valence-electron chi connectivity index (χ2n) is 7.60. The Kier molecular flexibility index (Phi) is 5.28. The Balaban J connectivity index is 1.65. The number of imidazole rings is 1. The summed E-state index contributed by atoms with van der Waals surface area (Å²) in [6, 6.07) is 8.29. The number of amides is 1. The predicted molar refractivity (Wildman–Crippen MR) is 109 cm³/mol. The van der Waals surface area contributed by atoms with E-state index in [0.29, 0.717) is 18.0 Å². The Labute approximate surface area is 165 Å². The second-order valence-corrected chi connectivity index (χ2v) is 8.44. The van der Waals surface area contributed by atoms with E-state index in [4.69, 9.17) is 0 Å². The summed E-state index contributed by atoms with van der Waals surface area (Å²) < 4.78 is 2.14. The molecule has 1 saturated heterocycles. The molecular weight excluding hydrogens is 356 g/mol. The van der Waals surface area contributed by atoms with Gasteiger partial charge in [0.1, 0.15) is 5.82 Å². The number of rotatable bonds is 6. The second kappa shape index (κ2) is 7.68. The molecule has 1 unspecified atom stereocenters. The Bertz CT molecular complexity index is 812. The molecule has 1 atom stereocenters. The van der Waals surface area contributed by atoms with E-state index in [1.54, 1.807) is 11.8 Å². The minimum atomic E-state index is 0.144. The predicted octanol–water partition coefficient (Wildman–Crippen LogP) is 3.41. The van der Waals surface area contributed by atoms with Crippen LogP contribution in [0.4, 0.5) is 0 Å². The number of carbonyl (C=O) groups excluding carboxylic acids is 1. The molecule has 1 N–H and O–H groups in total. The lowest BCUT2D eigenvalue weighted by molar-refractivity contribution is 0.0681. The fourth-order valence-electron chi connectivity index (χ4n) is 4.46. The number of nitrogens with one attached hydrogen (secondary N) is 1. The molecule has 1 aliphatic heterocycles. The SMILES string of the molecule is CCn1ccnc1CN(C(=O)c1ccccc1SC)C1CC12CCNCC2. The molecule has 0 bridgehead atoms. The number of nitrogens with zero attached hydrogens (tertiary/aromatic N) is 3. The molecule has 1 amide bonds. The first kappa shape index (κ1) is 18.6. The van der Waals surface area contributed by atoms with Gasteiger partial charge in [-0.2, -0.15) is 0 Å². The topological polar surface area (TPSA) is 50.2 Å². The van der Waals surface area contributed by atoms with Crippen molar-refractivity contribution in [1.29, 1.82) is 0 Å². The summed E-state index contributed by atoms with van der Waals surface area (Å²) in [4.78, 5) is 21.3. The lowest BCUT2D eigenvalue weighted by Gasteiger charge is -2.30. The van der Waals surface area contributed by atoms with Gasteiger partial charge in [0.25, 0.3) is 5.91 Å². The van der Waals surface area contributed by atoms with Crippen molar-refractivity contribution in [3.63, 3.8) is 0 Å². The van der Waals surface area contributed by atoms with Crippen molar-refractivity contribution in [1.82, 2.24) is 19.8 Å². The van der Waals surface area contributed by atoms with Gasteiger partial charge < -0.3 is 14.8 Å². The lowest BCUT2D eigenvalue weighted by atomic mass is 9.93. The number of hydrogen-bond donors (Lipinski definition) is 1. The number of benzene rings is 1. The van der Waals surface area contributed by atoms with Crippen molar-refractivity contribution < 1.29 is 4.79 Å². The standard InChI is InChI=1S/C21H28N4OS/c1-3-24-13-12-23-19(24)15-25(18-14-21(18)8-10-22-11-9-21)20(26)16-6-4-5-7-17(16)27-2/h4-7,12-13,18,22H,3,8-11,14-15H2,1-2H3. The average Bonchev–Trinajstić information content (AvgIpc) is 3.19. The minimum Gasteiger partial charge on any atom is -0.334 e. The number of aromatic nitrogens is 2.